The Hall–Kier alpha value is -2.88. The highest BCUT2D eigenvalue weighted by atomic mass is 32.2. The molecule has 8 nitrogen and oxygen atoms in total. The summed E-state index contributed by atoms with van der Waals surface area (Å²) in [5.74, 6) is -2.09. The predicted molar refractivity (Wildman–Crippen MR) is 131 cm³/mol. The van der Waals surface area contributed by atoms with Crippen molar-refractivity contribution in [3.8, 4) is 0 Å². The van der Waals surface area contributed by atoms with Crippen molar-refractivity contribution in [1.82, 2.24) is 10.2 Å². The first-order chi connectivity index (χ1) is 16.9. The highest BCUT2D eigenvalue weighted by molar-refractivity contribution is 7.92. The molecule has 9 heteroatoms. The Kier molecular flexibility index (Phi) is 8.43. The van der Waals surface area contributed by atoms with Crippen LogP contribution in [0.5, 0.6) is 0 Å². The van der Waals surface area contributed by atoms with E-state index in [2.05, 4.69) is 5.32 Å². The van der Waals surface area contributed by atoms with E-state index in [0.29, 0.717) is 32.1 Å². The smallest absolute Gasteiger partial charge is 0.331 e. The SMILES string of the molecule is O=C(OCc1ccccc1)C(CCc1ccccc1)N[C@H]1CCC[C@H]2N(C1=O)[C@H](C(=O)O)C[S+]2[O-]. The van der Waals surface area contributed by atoms with Gasteiger partial charge in [0.05, 0.1) is 6.04 Å². The molecule has 35 heavy (non-hydrogen) atoms. The van der Waals surface area contributed by atoms with Crippen molar-refractivity contribution in [2.45, 2.75) is 62.2 Å². The van der Waals surface area contributed by atoms with E-state index in [0.717, 1.165) is 11.1 Å². The summed E-state index contributed by atoms with van der Waals surface area (Å²) in [7, 11) is 0. The van der Waals surface area contributed by atoms with Crippen LogP contribution in [0.1, 0.15) is 36.8 Å². The topological polar surface area (TPSA) is 119 Å². The number of ether oxygens (including phenoxy) is 1. The molecule has 1 amide bonds. The number of benzene rings is 2. The second-order valence-electron chi connectivity index (χ2n) is 8.92. The quantitative estimate of drug-likeness (QED) is 0.402. The Balaban J connectivity index is 1.49. The fourth-order valence-corrected chi connectivity index (χ4v) is 6.45. The average molecular weight is 499 g/mol. The number of esters is 1. The molecule has 0 bridgehead atoms. The fourth-order valence-electron chi connectivity index (χ4n) is 4.68. The molecule has 2 fully saturated rings. The number of hydrogen-bond acceptors (Lipinski definition) is 6. The van der Waals surface area contributed by atoms with E-state index >= 15 is 0 Å². The molecule has 0 aromatic heterocycles. The monoisotopic (exact) mass is 498 g/mol. The Bertz CT molecular complexity index is 1020. The average Bonchev–Trinajstić information content (AvgIpc) is 3.11. The van der Waals surface area contributed by atoms with Gasteiger partial charge >= 0.3 is 11.9 Å². The Morgan fingerprint density at radius 1 is 1.09 bits per heavy atom. The Morgan fingerprint density at radius 2 is 1.74 bits per heavy atom. The first kappa shape index (κ1) is 25.2. The summed E-state index contributed by atoms with van der Waals surface area (Å²) in [6.45, 7) is 0.121. The zero-order valence-corrected chi connectivity index (χ0v) is 20.2. The standard InChI is InChI=1S/C26H30N2O6S/c29-24-20(12-7-13-23-28(24)22(25(30)31)17-35(23)33)27-21(15-14-18-8-3-1-4-9-18)26(32)34-16-19-10-5-2-6-11-19/h1-6,8-11,20-23,27H,7,12-17H2,(H,30,31)/t20-,21?,22-,23-,35?/m0/s1. The minimum absolute atomic E-state index is 0.0605. The van der Waals surface area contributed by atoms with Crippen molar-refractivity contribution >= 4 is 29.0 Å². The summed E-state index contributed by atoms with van der Waals surface area (Å²) in [4.78, 5) is 39.5. The van der Waals surface area contributed by atoms with Crippen LogP contribution in [0.25, 0.3) is 0 Å². The van der Waals surface area contributed by atoms with Crippen LogP contribution < -0.4 is 5.32 Å². The van der Waals surface area contributed by atoms with Crippen LogP contribution in [0, 0.1) is 0 Å². The molecule has 2 aliphatic rings. The number of rotatable bonds is 9. The summed E-state index contributed by atoms with van der Waals surface area (Å²) in [6.07, 6.45) is 2.54. The number of hydrogen-bond donors (Lipinski definition) is 2. The number of amides is 1. The summed E-state index contributed by atoms with van der Waals surface area (Å²) in [6, 6.07) is 16.5. The molecule has 0 aliphatic carbocycles. The predicted octanol–water partition coefficient (Wildman–Crippen LogP) is 2.24. The van der Waals surface area contributed by atoms with E-state index in [1.54, 1.807) is 0 Å². The van der Waals surface area contributed by atoms with Gasteiger partial charge < -0.3 is 14.4 Å². The van der Waals surface area contributed by atoms with Gasteiger partial charge in [0.2, 0.25) is 5.91 Å². The molecule has 5 atom stereocenters. The van der Waals surface area contributed by atoms with Crippen LogP contribution in [0.3, 0.4) is 0 Å². The maximum absolute atomic E-state index is 13.4. The third kappa shape index (κ3) is 6.22. The molecule has 0 saturated carbocycles. The van der Waals surface area contributed by atoms with Crippen LogP contribution in [0.2, 0.25) is 0 Å². The second kappa shape index (κ2) is 11.7. The van der Waals surface area contributed by atoms with Gasteiger partial charge in [0.25, 0.3) is 0 Å². The summed E-state index contributed by atoms with van der Waals surface area (Å²) in [5.41, 5.74) is 1.92. The van der Waals surface area contributed by atoms with E-state index in [1.165, 1.54) is 4.90 Å². The molecule has 4 rings (SSSR count). The van der Waals surface area contributed by atoms with E-state index in [1.807, 2.05) is 60.7 Å². The van der Waals surface area contributed by atoms with Gasteiger partial charge in [0, 0.05) is 6.42 Å². The van der Waals surface area contributed by atoms with Crippen LogP contribution >= 0.6 is 0 Å². The van der Waals surface area contributed by atoms with Gasteiger partial charge in [-0.25, -0.2) is 4.79 Å². The van der Waals surface area contributed by atoms with Crippen molar-refractivity contribution in [2.75, 3.05) is 5.75 Å². The molecule has 2 aromatic carbocycles. The number of carboxylic acids is 1. The highest BCUT2D eigenvalue weighted by Gasteiger charge is 2.52. The van der Waals surface area contributed by atoms with Gasteiger partial charge in [-0.3, -0.25) is 19.8 Å². The maximum atomic E-state index is 13.4. The number of aliphatic carboxylic acids is 1. The van der Waals surface area contributed by atoms with Crippen molar-refractivity contribution in [2.24, 2.45) is 0 Å². The second-order valence-corrected chi connectivity index (χ2v) is 10.6. The van der Waals surface area contributed by atoms with Gasteiger partial charge in [0.1, 0.15) is 18.4 Å². The fraction of sp³-hybridized carbons (Fsp3) is 0.423. The molecule has 2 saturated heterocycles. The van der Waals surface area contributed by atoms with Gasteiger partial charge in [-0.05, 0) is 48.0 Å². The Morgan fingerprint density at radius 3 is 2.40 bits per heavy atom. The van der Waals surface area contributed by atoms with Crippen molar-refractivity contribution < 1.29 is 28.8 Å². The van der Waals surface area contributed by atoms with Crippen LogP contribution in [-0.2, 0) is 43.3 Å². The van der Waals surface area contributed by atoms with E-state index in [-0.39, 0.29) is 12.4 Å². The lowest BCUT2D eigenvalue weighted by Crippen LogP contribution is -2.55. The highest BCUT2D eigenvalue weighted by Crippen LogP contribution is 2.32. The van der Waals surface area contributed by atoms with E-state index in [9.17, 15) is 24.0 Å². The van der Waals surface area contributed by atoms with E-state index in [4.69, 9.17) is 4.74 Å². The zero-order chi connectivity index (χ0) is 24.8. The molecule has 0 radical (unpaired) electrons. The third-order valence-electron chi connectivity index (χ3n) is 6.53. The van der Waals surface area contributed by atoms with Gasteiger partial charge in [0.15, 0.2) is 11.4 Å². The van der Waals surface area contributed by atoms with Crippen LogP contribution in [0.4, 0.5) is 0 Å². The lowest BCUT2D eigenvalue weighted by Gasteiger charge is -2.28. The summed E-state index contributed by atoms with van der Waals surface area (Å²) >= 11 is -1.41. The lowest BCUT2D eigenvalue weighted by molar-refractivity contribution is -0.151. The molecule has 2 aliphatic heterocycles. The lowest BCUT2D eigenvalue weighted by atomic mass is 10.0. The van der Waals surface area contributed by atoms with Crippen LogP contribution in [0.15, 0.2) is 60.7 Å². The number of carbonyl (C=O) groups excluding carboxylic acids is 2. The molecule has 2 heterocycles. The normalized spacial score (nSPS) is 24.9. The number of aryl methyl sites for hydroxylation is 1. The maximum Gasteiger partial charge on any atom is 0.331 e. The number of fused-ring (bicyclic) bond motifs is 1. The number of carboxylic acid groups (broad SMARTS) is 1. The van der Waals surface area contributed by atoms with E-state index < -0.39 is 52.5 Å². The zero-order valence-electron chi connectivity index (χ0n) is 19.4. The van der Waals surface area contributed by atoms with Crippen molar-refractivity contribution in [3.63, 3.8) is 0 Å². The summed E-state index contributed by atoms with van der Waals surface area (Å²) < 4.78 is 18.1. The molecule has 2 N–H and O–H groups in total. The first-order valence-electron chi connectivity index (χ1n) is 11.9. The Labute approximate surface area is 207 Å². The summed E-state index contributed by atoms with van der Waals surface area (Å²) in [5, 5.41) is 12.2. The molecule has 186 valence electrons. The first-order valence-corrected chi connectivity index (χ1v) is 13.2. The van der Waals surface area contributed by atoms with Crippen LogP contribution in [-0.4, -0.2) is 61.7 Å². The molecule has 0 spiro atoms. The van der Waals surface area contributed by atoms with Crippen molar-refractivity contribution in [1.29, 1.82) is 0 Å². The minimum atomic E-state index is -1.41. The molecular weight excluding hydrogens is 468 g/mol. The molecular formula is C26H30N2O6S. The van der Waals surface area contributed by atoms with Crippen molar-refractivity contribution in [3.05, 3.63) is 71.8 Å². The molecule has 2 aromatic rings. The third-order valence-corrected chi connectivity index (χ3v) is 8.24. The van der Waals surface area contributed by atoms with Gasteiger partial charge in [-0.1, -0.05) is 60.7 Å². The largest absolute Gasteiger partial charge is 0.615 e. The molecule has 2 unspecified atom stereocenters. The minimum Gasteiger partial charge on any atom is -0.615 e. The number of nitrogens with zero attached hydrogens (tertiary/aromatic N) is 1. The number of carbonyl (C=O) groups is 3. The van der Waals surface area contributed by atoms with Gasteiger partial charge in [-0.2, -0.15) is 0 Å². The van der Waals surface area contributed by atoms with Gasteiger partial charge in [-0.15, -0.1) is 0 Å². The number of nitrogens with one attached hydrogen (secondary N) is 1.